The first kappa shape index (κ1) is 25.7. The van der Waals surface area contributed by atoms with Gasteiger partial charge in [-0.05, 0) is 28.6 Å². The molecule has 0 unspecified atom stereocenters. The SMILES string of the molecule is CC(C)[Si]1(C(C)C)OC[C@H]2C[C@@H](n3cnc4c(N)ncnc43)[C@H](O)[C@@H]2O[Si](C(C)C)(C(C)C)O1. The monoisotopic (exact) mass is 507 g/mol. The lowest BCUT2D eigenvalue weighted by Crippen LogP contribution is -2.65. The normalized spacial score (nSPS) is 29.2. The van der Waals surface area contributed by atoms with E-state index in [0.29, 0.717) is 30.0 Å². The van der Waals surface area contributed by atoms with Crippen LogP contribution in [0.3, 0.4) is 0 Å². The molecule has 2 aromatic rings. The summed E-state index contributed by atoms with van der Waals surface area (Å²) in [4.78, 5) is 12.9. The fourth-order valence-corrected chi connectivity index (χ4v) is 17.3. The van der Waals surface area contributed by atoms with Gasteiger partial charge in [-0.25, -0.2) is 15.0 Å². The molecule has 0 aromatic carbocycles. The van der Waals surface area contributed by atoms with Gasteiger partial charge in [-0.15, -0.1) is 0 Å². The van der Waals surface area contributed by atoms with Crippen molar-refractivity contribution >= 4 is 34.1 Å². The number of anilines is 1. The van der Waals surface area contributed by atoms with Crippen LogP contribution in [0.4, 0.5) is 5.82 Å². The zero-order valence-electron chi connectivity index (χ0n) is 21.7. The number of nitrogen functional groups attached to an aromatic ring is 1. The van der Waals surface area contributed by atoms with Gasteiger partial charge in [0.05, 0.1) is 18.5 Å². The number of imidazole rings is 1. The van der Waals surface area contributed by atoms with Crippen LogP contribution in [-0.2, 0) is 13.0 Å². The molecule has 9 nitrogen and oxygen atoms in total. The second-order valence-electron chi connectivity index (χ2n) is 11.2. The van der Waals surface area contributed by atoms with Crippen molar-refractivity contribution < 1.29 is 18.1 Å². The predicted octanol–water partition coefficient (Wildman–Crippen LogP) is 4.29. The molecule has 0 amide bonds. The van der Waals surface area contributed by atoms with Crippen molar-refractivity contribution in [3.8, 4) is 0 Å². The molecule has 1 aliphatic heterocycles. The highest BCUT2D eigenvalue weighted by Crippen LogP contribution is 2.50. The van der Waals surface area contributed by atoms with Crippen molar-refractivity contribution in [2.24, 2.45) is 5.92 Å². The smallest absolute Gasteiger partial charge is 0.335 e. The Kier molecular flexibility index (Phi) is 6.99. The number of aliphatic hydroxyl groups excluding tert-OH is 1. The Morgan fingerprint density at radius 1 is 0.971 bits per heavy atom. The lowest BCUT2D eigenvalue weighted by Gasteiger charge is -2.51. The van der Waals surface area contributed by atoms with Crippen molar-refractivity contribution in [2.75, 3.05) is 12.3 Å². The van der Waals surface area contributed by atoms with Crippen LogP contribution in [0, 0.1) is 5.92 Å². The van der Waals surface area contributed by atoms with Crippen LogP contribution in [-0.4, -0.2) is 60.6 Å². The minimum absolute atomic E-state index is 0.0503. The van der Waals surface area contributed by atoms with Gasteiger partial charge in [0.1, 0.15) is 17.9 Å². The second-order valence-corrected chi connectivity index (χ2v) is 20.0. The highest BCUT2D eigenvalue weighted by atomic mass is 28.5. The minimum atomic E-state index is -2.78. The molecule has 3 N–H and O–H groups in total. The molecule has 3 heterocycles. The molecule has 2 aliphatic rings. The molecule has 1 saturated carbocycles. The van der Waals surface area contributed by atoms with Gasteiger partial charge >= 0.3 is 17.1 Å². The maximum Gasteiger partial charge on any atom is 0.335 e. The molecule has 11 heteroatoms. The van der Waals surface area contributed by atoms with Crippen LogP contribution in [0.5, 0.6) is 0 Å². The van der Waals surface area contributed by atoms with Gasteiger partial charge < -0.3 is 28.4 Å². The topological polar surface area (TPSA) is 118 Å². The number of rotatable bonds is 5. The molecular formula is C23H41N5O4Si2. The number of aromatic nitrogens is 4. The molecule has 0 bridgehead atoms. The molecule has 4 rings (SSSR count). The molecule has 1 saturated heterocycles. The van der Waals surface area contributed by atoms with Crippen molar-refractivity contribution in [1.29, 1.82) is 0 Å². The molecule has 1 aliphatic carbocycles. The molecule has 2 fully saturated rings. The number of hydrogen-bond donors (Lipinski definition) is 2. The predicted molar refractivity (Wildman–Crippen MR) is 137 cm³/mol. The van der Waals surface area contributed by atoms with E-state index >= 15 is 0 Å². The molecule has 0 spiro atoms. The Bertz CT molecular complexity index is 998. The van der Waals surface area contributed by atoms with E-state index in [9.17, 15) is 5.11 Å². The zero-order valence-corrected chi connectivity index (χ0v) is 23.7. The number of aliphatic hydroxyl groups is 1. The van der Waals surface area contributed by atoms with Gasteiger partial charge in [0.15, 0.2) is 11.5 Å². The van der Waals surface area contributed by atoms with Crippen LogP contribution in [0.1, 0.15) is 67.9 Å². The van der Waals surface area contributed by atoms with Gasteiger partial charge in [0.2, 0.25) is 0 Å². The van der Waals surface area contributed by atoms with Crippen LogP contribution in [0.25, 0.3) is 11.2 Å². The van der Waals surface area contributed by atoms with E-state index in [4.69, 9.17) is 18.7 Å². The summed E-state index contributed by atoms with van der Waals surface area (Å²) in [5, 5.41) is 11.6. The van der Waals surface area contributed by atoms with E-state index in [0.717, 1.165) is 0 Å². The molecule has 0 radical (unpaired) electrons. The third-order valence-electron chi connectivity index (χ3n) is 7.87. The first-order valence-corrected chi connectivity index (χ1v) is 16.5. The average Bonchev–Trinajstić information content (AvgIpc) is 3.29. The Morgan fingerprint density at radius 3 is 2.18 bits per heavy atom. The number of nitrogens with two attached hydrogens (primary N) is 1. The van der Waals surface area contributed by atoms with Crippen LogP contribution in [0.2, 0.25) is 22.2 Å². The van der Waals surface area contributed by atoms with E-state index < -0.39 is 23.2 Å². The van der Waals surface area contributed by atoms with Crippen molar-refractivity contribution in [3.05, 3.63) is 12.7 Å². The highest BCUT2D eigenvalue weighted by molar-refractivity contribution is 6.83. The molecular weight excluding hydrogens is 466 g/mol. The number of nitrogens with zero attached hydrogens (tertiary/aromatic N) is 4. The van der Waals surface area contributed by atoms with Crippen LogP contribution in [0.15, 0.2) is 12.7 Å². The van der Waals surface area contributed by atoms with Gasteiger partial charge in [-0.1, -0.05) is 55.4 Å². The van der Waals surface area contributed by atoms with Gasteiger partial charge in [-0.2, -0.15) is 0 Å². The Morgan fingerprint density at radius 2 is 1.59 bits per heavy atom. The molecule has 4 atom stereocenters. The van der Waals surface area contributed by atoms with Crippen molar-refractivity contribution in [3.63, 3.8) is 0 Å². The van der Waals surface area contributed by atoms with Crippen molar-refractivity contribution in [1.82, 2.24) is 19.5 Å². The Balaban J connectivity index is 1.77. The third kappa shape index (κ3) is 3.94. The maximum absolute atomic E-state index is 11.6. The third-order valence-corrected chi connectivity index (χ3v) is 18.1. The van der Waals surface area contributed by atoms with E-state index in [1.807, 2.05) is 4.57 Å². The van der Waals surface area contributed by atoms with Gasteiger partial charge in [0, 0.05) is 12.5 Å². The summed E-state index contributed by atoms with van der Waals surface area (Å²) < 4.78 is 23.1. The fourth-order valence-electron chi connectivity index (χ4n) is 5.96. The summed E-state index contributed by atoms with van der Waals surface area (Å²) in [6.07, 6.45) is 2.75. The fraction of sp³-hybridized carbons (Fsp3) is 0.783. The standard InChI is InChI=1S/C23H41N5O4Si2/c1-13(2)33(14(3)4)30-10-17-9-18(28-12-27-19-22(24)25-11-26-23(19)28)20(29)21(17)31-34(32-33,15(5)6)16(7)8/h11-18,20-21,29H,9-10H2,1-8H3,(H2,24,25,26)/t17-,18-,20+,21-/m1/s1. The summed E-state index contributed by atoms with van der Waals surface area (Å²) in [5.41, 5.74) is 8.20. The van der Waals surface area contributed by atoms with Crippen LogP contribution >= 0.6 is 0 Å². The van der Waals surface area contributed by atoms with E-state index in [2.05, 4.69) is 70.3 Å². The number of hydrogen-bond acceptors (Lipinski definition) is 8. The lowest BCUT2D eigenvalue weighted by atomic mass is 10.1. The van der Waals surface area contributed by atoms with Gasteiger partial charge in [-0.3, -0.25) is 0 Å². The molecule has 2 aromatic heterocycles. The summed E-state index contributed by atoms with van der Waals surface area (Å²) in [6.45, 7) is 18.2. The largest absolute Gasteiger partial charge is 0.414 e. The van der Waals surface area contributed by atoms with Crippen molar-refractivity contribution in [2.45, 2.75) is 102 Å². The molecule has 34 heavy (non-hydrogen) atoms. The first-order chi connectivity index (χ1) is 15.9. The van der Waals surface area contributed by atoms with E-state index in [-0.39, 0.29) is 40.2 Å². The summed E-state index contributed by atoms with van der Waals surface area (Å²) >= 11 is 0. The van der Waals surface area contributed by atoms with E-state index in [1.54, 1.807) is 6.33 Å². The van der Waals surface area contributed by atoms with Crippen LogP contribution < -0.4 is 5.73 Å². The second kappa shape index (κ2) is 9.25. The Hall–Kier alpha value is -1.38. The number of fused-ring (bicyclic) bond motifs is 2. The van der Waals surface area contributed by atoms with Gasteiger partial charge in [0.25, 0.3) is 0 Å². The average molecular weight is 508 g/mol. The highest BCUT2D eigenvalue weighted by Gasteiger charge is 2.61. The first-order valence-electron chi connectivity index (χ1n) is 12.6. The van der Waals surface area contributed by atoms with E-state index in [1.165, 1.54) is 6.33 Å². The summed E-state index contributed by atoms with van der Waals surface area (Å²) in [5.74, 6) is 0.389. The summed E-state index contributed by atoms with van der Waals surface area (Å²) in [6, 6.07) is -0.240. The quantitative estimate of drug-likeness (QED) is 0.576. The lowest BCUT2D eigenvalue weighted by molar-refractivity contribution is -0.0241. The zero-order chi connectivity index (χ0) is 25.0. The summed E-state index contributed by atoms with van der Waals surface area (Å²) in [7, 11) is -5.38. The maximum atomic E-state index is 11.6. The molecule has 190 valence electrons. The minimum Gasteiger partial charge on any atom is -0.414 e. The Labute approximate surface area is 204 Å².